The zero-order chi connectivity index (χ0) is 25.2. The summed E-state index contributed by atoms with van der Waals surface area (Å²) in [4.78, 5) is 24.8. The van der Waals surface area contributed by atoms with Crippen LogP contribution < -0.4 is 25.0 Å². The third kappa shape index (κ3) is 7.58. The van der Waals surface area contributed by atoms with Crippen molar-refractivity contribution in [3.63, 3.8) is 0 Å². The predicted molar refractivity (Wildman–Crippen MR) is 139 cm³/mol. The minimum absolute atomic E-state index is 0.186. The Balaban J connectivity index is 1.63. The smallest absolute Gasteiger partial charge is 0.271 e. The molecule has 0 saturated heterocycles. The lowest BCUT2D eigenvalue weighted by molar-refractivity contribution is -0.118. The number of benzene rings is 3. The molecule has 182 valence electrons. The van der Waals surface area contributed by atoms with Gasteiger partial charge in [0.2, 0.25) is 0 Å². The first kappa shape index (κ1) is 25.8. The van der Waals surface area contributed by atoms with E-state index in [-0.39, 0.29) is 12.5 Å². The van der Waals surface area contributed by atoms with E-state index in [9.17, 15) is 9.59 Å². The van der Waals surface area contributed by atoms with Gasteiger partial charge in [-0.05, 0) is 62.4 Å². The molecule has 2 N–H and O–H groups in total. The number of methoxy groups -OCH3 is 1. The number of hydrogen-bond donors (Lipinski definition) is 2. The molecule has 0 bridgehead atoms. The Kier molecular flexibility index (Phi) is 9.25. The van der Waals surface area contributed by atoms with Crippen molar-refractivity contribution >= 4 is 39.6 Å². The van der Waals surface area contributed by atoms with Gasteiger partial charge in [0.05, 0.1) is 19.9 Å². The topological polar surface area (TPSA) is 98.3 Å². The SMILES string of the molecule is CCOc1ccc(C(=O)N/N=C/c2cc(Br)ccc2OCC(=O)Nc2ccc(C)cc2)cc1OC. The average Bonchev–Trinajstić information content (AvgIpc) is 2.85. The van der Waals surface area contributed by atoms with Crippen molar-refractivity contribution in [1.29, 1.82) is 0 Å². The van der Waals surface area contributed by atoms with Crippen LogP contribution in [0.4, 0.5) is 5.69 Å². The number of hydrogen-bond acceptors (Lipinski definition) is 6. The standard InChI is InChI=1S/C26H26BrN3O5/c1-4-34-23-11-7-18(14-24(23)33-3)26(32)30-28-15-19-13-20(27)8-12-22(19)35-16-25(31)29-21-9-5-17(2)6-10-21/h5-15H,4,16H2,1-3H3,(H,29,31)(H,30,32)/b28-15+. The zero-order valence-corrected chi connectivity index (χ0v) is 21.2. The van der Waals surface area contributed by atoms with Crippen molar-refractivity contribution in [3.8, 4) is 17.2 Å². The maximum atomic E-state index is 12.5. The second-order valence-corrected chi connectivity index (χ2v) is 8.30. The van der Waals surface area contributed by atoms with Crippen LogP contribution in [0.1, 0.15) is 28.4 Å². The highest BCUT2D eigenvalue weighted by Crippen LogP contribution is 2.28. The predicted octanol–water partition coefficient (Wildman–Crippen LogP) is 4.95. The number of halogens is 1. The number of hydrazone groups is 1. The summed E-state index contributed by atoms with van der Waals surface area (Å²) in [5.41, 5.74) is 5.21. The second-order valence-electron chi connectivity index (χ2n) is 7.38. The lowest BCUT2D eigenvalue weighted by Crippen LogP contribution is -2.20. The van der Waals surface area contributed by atoms with Crippen LogP contribution in [0.25, 0.3) is 0 Å². The number of rotatable bonds is 10. The molecule has 0 atom stereocenters. The van der Waals surface area contributed by atoms with Crippen LogP contribution in [0.5, 0.6) is 17.2 Å². The molecule has 8 nitrogen and oxygen atoms in total. The van der Waals surface area contributed by atoms with Crippen molar-refractivity contribution in [2.75, 3.05) is 25.6 Å². The summed E-state index contributed by atoms with van der Waals surface area (Å²) in [6, 6.07) is 17.6. The maximum absolute atomic E-state index is 12.5. The fourth-order valence-electron chi connectivity index (χ4n) is 3.04. The number of ether oxygens (including phenoxy) is 3. The molecule has 2 amide bonds. The highest BCUT2D eigenvalue weighted by atomic mass is 79.9. The van der Waals surface area contributed by atoms with E-state index in [2.05, 4.69) is 31.8 Å². The molecule has 0 unspecified atom stereocenters. The summed E-state index contributed by atoms with van der Waals surface area (Å²) in [6.45, 7) is 4.14. The Labute approximate surface area is 212 Å². The van der Waals surface area contributed by atoms with Crippen LogP contribution in [0.3, 0.4) is 0 Å². The van der Waals surface area contributed by atoms with E-state index in [1.54, 1.807) is 36.4 Å². The number of carbonyl (C=O) groups is 2. The van der Waals surface area contributed by atoms with E-state index in [0.717, 1.165) is 10.0 Å². The Bertz CT molecular complexity index is 1210. The van der Waals surface area contributed by atoms with E-state index in [1.165, 1.54) is 13.3 Å². The zero-order valence-electron chi connectivity index (χ0n) is 19.6. The van der Waals surface area contributed by atoms with Crippen LogP contribution >= 0.6 is 15.9 Å². The number of carbonyl (C=O) groups excluding carboxylic acids is 2. The van der Waals surface area contributed by atoms with Gasteiger partial charge in [-0.25, -0.2) is 5.43 Å². The molecule has 3 rings (SSSR count). The van der Waals surface area contributed by atoms with Crippen molar-refractivity contribution < 1.29 is 23.8 Å². The van der Waals surface area contributed by atoms with Gasteiger partial charge < -0.3 is 19.5 Å². The Morgan fingerprint density at radius 2 is 1.71 bits per heavy atom. The molecule has 0 spiro atoms. The molecule has 0 saturated carbocycles. The molecular weight excluding hydrogens is 514 g/mol. The van der Waals surface area contributed by atoms with Gasteiger partial charge in [-0.3, -0.25) is 9.59 Å². The number of nitrogens with zero attached hydrogens (tertiary/aromatic N) is 1. The summed E-state index contributed by atoms with van der Waals surface area (Å²) in [5.74, 6) is 0.732. The largest absolute Gasteiger partial charge is 0.493 e. The molecule has 9 heteroatoms. The number of amides is 2. The van der Waals surface area contributed by atoms with Gasteiger partial charge in [-0.1, -0.05) is 33.6 Å². The first-order valence-electron chi connectivity index (χ1n) is 10.8. The summed E-state index contributed by atoms with van der Waals surface area (Å²) >= 11 is 3.41. The van der Waals surface area contributed by atoms with Gasteiger partial charge in [0.15, 0.2) is 18.1 Å². The van der Waals surface area contributed by atoms with Crippen molar-refractivity contribution in [2.45, 2.75) is 13.8 Å². The van der Waals surface area contributed by atoms with E-state index in [1.807, 2.05) is 38.1 Å². The van der Waals surface area contributed by atoms with Gasteiger partial charge in [-0.15, -0.1) is 0 Å². The van der Waals surface area contributed by atoms with Crippen molar-refractivity contribution in [2.24, 2.45) is 5.10 Å². The summed E-state index contributed by atoms with van der Waals surface area (Å²) in [7, 11) is 1.51. The van der Waals surface area contributed by atoms with Gasteiger partial charge in [0, 0.05) is 21.3 Å². The third-order valence-corrected chi connectivity index (χ3v) is 5.25. The molecule has 0 aliphatic heterocycles. The maximum Gasteiger partial charge on any atom is 0.271 e. The van der Waals surface area contributed by atoms with Crippen LogP contribution in [0.2, 0.25) is 0 Å². The van der Waals surface area contributed by atoms with Crippen LogP contribution in [-0.4, -0.2) is 38.4 Å². The molecular formula is C26H26BrN3O5. The van der Waals surface area contributed by atoms with E-state index >= 15 is 0 Å². The minimum Gasteiger partial charge on any atom is -0.493 e. The normalized spacial score (nSPS) is 10.6. The lowest BCUT2D eigenvalue weighted by Gasteiger charge is -2.11. The number of anilines is 1. The highest BCUT2D eigenvalue weighted by molar-refractivity contribution is 9.10. The molecule has 0 aliphatic rings. The monoisotopic (exact) mass is 539 g/mol. The fraction of sp³-hybridized carbons (Fsp3) is 0.192. The molecule has 0 aliphatic carbocycles. The first-order valence-corrected chi connectivity index (χ1v) is 11.6. The average molecular weight is 540 g/mol. The number of aryl methyl sites for hydroxylation is 1. The second kappa shape index (κ2) is 12.6. The van der Waals surface area contributed by atoms with E-state index < -0.39 is 5.91 Å². The molecule has 35 heavy (non-hydrogen) atoms. The Morgan fingerprint density at radius 3 is 2.43 bits per heavy atom. The minimum atomic E-state index is -0.419. The van der Waals surface area contributed by atoms with Gasteiger partial charge in [0.25, 0.3) is 11.8 Å². The quantitative estimate of drug-likeness (QED) is 0.280. The summed E-state index contributed by atoms with van der Waals surface area (Å²) in [5, 5.41) is 6.82. The fourth-order valence-corrected chi connectivity index (χ4v) is 3.42. The van der Waals surface area contributed by atoms with E-state index in [4.69, 9.17) is 14.2 Å². The van der Waals surface area contributed by atoms with Crippen LogP contribution in [0.15, 0.2) is 70.2 Å². The molecule has 0 fully saturated rings. The Hall–Kier alpha value is -3.85. The molecule has 0 radical (unpaired) electrons. The molecule has 0 aromatic heterocycles. The summed E-state index contributed by atoms with van der Waals surface area (Å²) in [6.07, 6.45) is 1.45. The Morgan fingerprint density at radius 1 is 0.971 bits per heavy atom. The van der Waals surface area contributed by atoms with Gasteiger partial charge >= 0.3 is 0 Å². The van der Waals surface area contributed by atoms with Crippen LogP contribution in [-0.2, 0) is 4.79 Å². The molecule has 0 heterocycles. The first-order chi connectivity index (χ1) is 16.9. The van der Waals surface area contributed by atoms with Crippen LogP contribution in [0, 0.1) is 6.92 Å². The number of nitrogens with one attached hydrogen (secondary N) is 2. The van der Waals surface area contributed by atoms with Gasteiger partial charge in [-0.2, -0.15) is 5.10 Å². The van der Waals surface area contributed by atoms with E-state index in [0.29, 0.717) is 40.7 Å². The third-order valence-electron chi connectivity index (χ3n) is 4.76. The summed E-state index contributed by atoms with van der Waals surface area (Å²) < 4.78 is 17.2. The highest BCUT2D eigenvalue weighted by Gasteiger charge is 2.11. The van der Waals surface area contributed by atoms with Crippen molar-refractivity contribution in [1.82, 2.24) is 5.43 Å². The molecule has 3 aromatic rings. The lowest BCUT2D eigenvalue weighted by atomic mass is 10.2. The van der Waals surface area contributed by atoms with Crippen molar-refractivity contribution in [3.05, 3.63) is 81.8 Å². The molecule has 3 aromatic carbocycles. The van der Waals surface area contributed by atoms with Gasteiger partial charge in [0.1, 0.15) is 5.75 Å².